The number of hydrogen-bond acceptors (Lipinski definition) is 4. The van der Waals surface area contributed by atoms with E-state index in [4.69, 9.17) is 4.74 Å². The molecule has 0 radical (unpaired) electrons. The van der Waals surface area contributed by atoms with Crippen molar-refractivity contribution >= 4 is 17.7 Å². The van der Waals surface area contributed by atoms with Crippen molar-refractivity contribution in [2.75, 3.05) is 32.5 Å². The first-order valence-electron chi connectivity index (χ1n) is 7.71. The molecule has 1 unspecified atom stereocenters. The summed E-state index contributed by atoms with van der Waals surface area (Å²) in [6.45, 7) is 1.61. The molecule has 9 heteroatoms. The van der Waals surface area contributed by atoms with Gasteiger partial charge in [0.15, 0.2) is 5.96 Å². The molecule has 24 heavy (non-hydrogen) atoms. The molecule has 1 aromatic heterocycles. The molecule has 2 rings (SSSR count). The molecule has 1 aromatic rings. The Labute approximate surface area is 143 Å². The Bertz CT molecular complexity index is 531. The van der Waals surface area contributed by atoms with E-state index in [-0.39, 0.29) is 12.5 Å². The summed E-state index contributed by atoms with van der Waals surface area (Å²) in [7, 11) is 1.69. The quantitative estimate of drug-likeness (QED) is 0.463. The molecule has 1 aliphatic heterocycles. The summed E-state index contributed by atoms with van der Waals surface area (Å²) in [6.07, 6.45) is -1.14. The lowest BCUT2D eigenvalue weighted by Gasteiger charge is -2.15. The van der Waals surface area contributed by atoms with Gasteiger partial charge in [-0.15, -0.1) is 0 Å². The van der Waals surface area contributed by atoms with E-state index in [9.17, 15) is 13.2 Å². The van der Waals surface area contributed by atoms with E-state index < -0.39 is 11.7 Å². The van der Waals surface area contributed by atoms with Crippen LogP contribution < -0.4 is 15.4 Å². The fourth-order valence-corrected chi connectivity index (χ4v) is 3.40. The third-order valence-corrected chi connectivity index (χ3v) is 4.85. The van der Waals surface area contributed by atoms with Crippen LogP contribution in [0.15, 0.2) is 23.3 Å². The molecule has 0 aromatic carbocycles. The lowest BCUT2D eigenvalue weighted by atomic mass is 10.2. The van der Waals surface area contributed by atoms with Crippen molar-refractivity contribution in [1.29, 1.82) is 0 Å². The number of pyridine rings is 1. The number of hydrogen-bond donors (Lipinski definition) is 2. The normalized spacial score (nSPS) is 18.5. The number of aromatic nitrogens is 1. The van der Waals surface area contributed by atoms with Crippen molar-refractivity contribution in [3.05, 3.63) is 23.9 Å². The summed E-state index contributed by atoms with van der Waals surface area (Å²) in [6, 6.07) is 2.17. The predicted molar refractivity (Wildman–Crippen MR) is 89.6 cm³/mol. The minimum absolute atomic E-state index is 0.162. The van der Waals surface area contributed by atoms with E-state index >= 15 is 0 Å². The van der Waals surface area contributed by atoms with Crippen molar-refractivity contribution in [2.24, 2.45) is 4.99 Å². The first kappa shape index (κ1) is 18.7. The highest BCUT2D eigenvalue weighted by molar-refractivity contribution is 8.00. The average Bonchev–Trinajstić information content (AvgIpc) is 3.07. The maximum absolute atomic E-state index is 12.4. The molecule has 2 heterocycles. The maximum Gasteiger partial charge on any atom is 0.417 e. The summed E-state index contributed by atoms with van der Waals surface area (Å²) in [5.41, 5.74) is -0.789. The highest BCUT2D eigenvalue weighted by Crippen LogP contribution is 2.29. The second kappa shape index (κ2) is 9.00. The molecule has 5 nitrogen and oxygen atoms in total. The molecule has 134 valence electrons. The Balaban J connectivity index is 1.65. The number of alkyl halides is 3. The molecule has 0 amide bonds. The number of thioether (sulfide) groups is 1. The van der Waals surface area contributed by atoms with Crippen LogP contribution in [0, 0.1) is 0 Å². The van der Waals surface area contributed by atoms with E-state index in [2.05, 4.69) is 20.6 Å². The molecule has 2 N–H and O–H groups in total. The van der Waals surface area contributed by atoms with Gasteiger partial charge in [-0.3, -0.25) is 4.99 Å². The largest absolute Gasteiger partial charge is 0.476 e. The molecule has 0 aliphatic carbocycles. The zero-order valence-electron chi connectivity index (χ0n) is 13.4. The topological polar surface area (TPSA) is 58.5 Å². The Morgan fingerprint density at radius 3 is 2.83 bits per heavy atom. The van der Waals surface area contributed by atoms with E-state index in [0.717, 1.165) is 18.8 Å². The standard InChI is InChI=1S/C15H21F3N4OS/c1-19-14(22-10-12-3-2-8-24-12)20-6-7-23-13-5-4-11(9-21-13)15(16,17)18/h4-5,9,12H,2-3,6-8,10H2,1H3,(H2,19,20,22). The number of aliphatic imine (C=N–C) groups is 1. The van der Waals surface area contributed by atoms with Crippen LogP contribution in [-0.4, -0.2) is 48.7 Å². The van der Waals surface area contributed by atoms with E-state index in [1.807, 2.05) is 11.8 Å². The molecule has 1 aliphatic rings. The number of guanidine groups is 1. The lowest BCUT2D eigenvalue weighted by molar-refractivity contribution is -0.137. The predicted octanol–water partition coefficient (Wildman–Crippen LogP) is 2.54. The van der Waals surface area contributed by atoms with Crippen LogP contribution in [-0.2, 0) is 6.18 Å². The fraction of sp³-hybridized carbons (Fsp3) is 0.600. The Hall–Kier alpha value is -1.64. The monoisotopic (exact) mass is 362 g/mol. The van der Waals surface area contributed by atoms with Crippen LogP contribution in [0.2, 0.25) is 0 Å². The summed E-state index contributed by atoms with van der Waals surface area (Å²) in [5, 5.41) is 6.97. The third-order valence-electron chi connectivity index (χ3n) is 3.45. The van der Waals surface area contributed by atoms with E-state index in [0.29, 0.717) is 17.8 Å². The molecule has 1 atom stereocenters. The number of nitrogens with zero attached hydrogens (tertiary/aromatic N) is 2. The third kappa shape index (κ3) is 6.10. The fourth-order valence-electron chi connectivity index (χ4n) is 2.19. The molecule has 0 bridgehead atoms. The zero-order valence-corrected chi connectivity index (χ0v) is 14.2. The summed E-state index contributed by atoms with van der Waals surface area (Å²) >= 11 is 1.96. The van der Waals surface area contributed by atoms with Crippen LogP contribution in [0.3, 0.4) is 0 Å². The van der Waals surface area contributed by atoms with Gasteiger partial charge in [0.05, 0.1) is 12.1 Å². The highest BCUT2D eigenvalue weighted by Gasteiger charge is 2.30. The van der Waals surface area contributed by atoms with E-state index in [1.165, 1.54) is 24.7 Å². The Morgan fingerprint density at radius 1 is 1.42 bits per heavy atom. The van der Waals surface area contributed by atoms with Crippen LogP contribution in [0.4, 0.5) is 13.2 Å². The van der Waals surface area contributed by atoms with Gasteiger partial charge in [-0.05, 0) is 24.7 Å². The van der Waals surface area contributed by atoms with Crippen LogP contribution in [0.1, 0.15) is 18.4 Å². The Morgan fingerprint density at radius 2 is 2.25 bits per heavy atom. The van der Waals surface area contributed by atoms with Crippen molar-refractivity contribution in [2.45, 2.75) is 24.3 Å². The number of rotatable bonds is 6. The SMILES string of the molecule is CN=C(NCCOc1ccc(C(F)(F)F)cn1)NCC1CCCS1. The number of ether oxygens (including phenoxy) is 1. The van der Waals surface area contributed by atoms with Crippen LogP contribution in [0.5, 0.6) is 5.88 Å². The highest BCUT2D eigenvalue weighted by atomic mass is 32.2. The smallest absolute Gasteiger partial charge is 0.417 e. The molecule has 1 fully saturated rings. The lowest BCUT2D eigenvalue weighted by Crippen LogP contribution is -2.41. The molecular formula is C15H21F3N4OS. The van der Waals surface area contributed by atoms with Crippen LogP contribution >= 0.6 is 11.8 Å². The summed E-state index contributed by atoms with van der Waals surface area (Å²) < 4.78 is 42.6. The van der Waals surface area contributed by atoms with Gasteiger partial charge < -0.3 is 15.4 Å². The number of nitrogens with one attached hydrogen (secondary N) is 2. The van der Waals surface area contributed by atoms with Crippen LogP contribution in [0.25, 0.3) is 0 Å². The molecule has 0 spiro atoms. The van der Waals surface area contributed by atoms with Gasteiger partial charge in [0, 0.05) is 31.1 Å². The summed E-state index contributed by atoms with van der Waals surface area (Å²) in [5.74, 6) is 2.06. The maximum atomic E-state index is 12.4. The van der Waals surface area contributed by atoms with Gasteiger partial charge in [0.2, 0.25) is 5.88 Å². The van der Waals surface area contributed by atoms with Gasteiger partial charge in [-0.25, -0.2) is 4.98 Å². The second-order valence-electron chi connectivity index (χ2n) is 5.25. The van der Waals surface area contributed by atoms with Gasteiger partial charge in [-0.2, -0.15) is 24.9 Å². The second-order valence-corrected chi connectivity index (χ2v) is 6.65. The minimum atomic E-state index is -4.39. The summed E-state index contributed by atoms with van der Waals surface area (Å²) in [4.78, 5) is 7.77. The van der Waals surface area contributed by atoms with Crippen molar-refractivity contribution < 1.29 is 17.9 Å². The first-order valence-corrected chi connectivity index (χ1v) is 8.76. The molecular weight excluding hydrogens is 341 g/mol. The van der Waals surface area contributed by atoms with Gasteiger partial charge >= 0.3 is 6.18 Å². The van der Waals surface area contributed by atoms with Crippen molar-refractivity contribution in [3.8, 4) is 5.88 Å². The zero-order chi connectivity index (χ0) is 17.4. The van der Waals surface area contributed by atoms with Gasteiger partial charge in [0.1, 0.15) is 6.61 Å². The van der Waals surface area contributed by atoms with Crippen molar-refractivity contribution in [1.82, 2.24) is 15.6 Å². The van der Waals surface area contributed by atoms with Gasteiger partial charge in [0.25, 0.3) is 0 Å². The first-order chi connectivity index (χ1) is 11.5. The minimum Gasteiger partial charge on any atom is -0.476 e. The Kier molecular flexibility index (Phi) is 7.01. The van der Waals surface area contributed by atoms with Gasteiger partial charge in [-0.1, -0.05) is 0 Å². The average molecular weight is 362 g/mol. The molecule has 1 saturated heterocycles. The molecule has 0 saturated carbocycles. The number of halogens is 3. The van der Waals surface area contributed by atoms with E-state index in [1.54, 1.807) is 7.05 Å². The van der Waals surface area contributed by atoms with Crippen molar-refractivity contribution in [3.63, 3.8) is 0 Å².